The van der Waals surface area contributed by atoms with Gasteiger partial charge in [-0.1, -0.05) is 12.1 Å². The van der Waals surface area contributed by atoms with Crippen LogP contribution < -0.4 is 10.5 Å². The molecule has 1 heterocycles. The molecule has 1 aromatic carbocycles. The molecule has 1 aliphatic carbocycles. The van der Waals surface area contributed by atoms with Crippen molar-refractivity contribution < 1.29 is 4.74 Å². The summed E-state index contributed by atoms with van der Waals surface area (Å²) in [6.07, 6.45) is 3.94. The van der Waals surface area contributed by atoms with Crippen molar-refractivity contribution in [2.75, 3.05) is 0 Å². The van der Waals surface area contributed by atoms with Crippen molar-refractivity contribution >= 4 is 0 Å². The number of aromatic nitrogens is 2. The molecule has 0 spiro atoms. The van der Waals surface area contributed by atoms with Crippen LogP contribution >= 0.6 is 0 Å². The summed E-state index contributed by atoms with van der Waals surface area (Å²) in [5, 5.41) is 4.30. The van der Waals surface area contributed by atoms with Gasteiger partial charge in [-0.15, -0.1) is 0 Å². The highest BCUT2D eigenvalue weighted by molar-refractivity contribution is 5.44. The van der Waals surface area contributed by atoms with Gasteiger partial charge in [0.05, 0.1) is 5.69 Å². The Kier molecular flexibility index (Phi) is 2.80. The normalized spacial score (nSPS) is 17.8. The van der Waals surface area contributed by atoms with Gasteiger partial charge >= 0.3 is 0 Å². The van der Waals surface area contributed by atoms with Gasteiger partial charge in [0.25, 0.3) is 0 Å². The standard InChI is InChI=1S/C14H17N3O/c1-17-8-7-10(16-17)9-18-14-4-2-3-11-12(14)5-6-13(11)15/h2-4,7-8,13H,5-6,9,15H2,1H3. The quantitative estimate of drug-likeness (QED) is 0.896. The molecule has 0 fully saturated rings. The van der Waals surface area contributed by atoms with E-state index >= 15 is 0 Å². The topological polar surface area (TPSA) is 53.1 Å². The Bertz CT molecular complexity index is 562. The van der Waals surface area contributed by atoms with Crippen LogP contribution in [0.4, 0.5) is 0 Å². The zero-order valence-corrected chi connectivity index (χ0v) is 10.5. The molecule has 1 aliphatic rings. The van der Waals surface area contributed by atoms with Crippen LogP contribution in [0.5, 0.6) is 5.75 Å². The van der Waals surface area contributed by atoms with Crippen LogP contribution in [0.1, 0.15) is 29.3 Å². The first kappa shape index (κ1) is 11.3. The second kappa shape index (κ2) is 4.46. The fourth-order valence-electron chi connectivity index (χ4n) is 2.48. The molecule has 1 atom stereocenters. The van der Waals surface area contributed by atoms with E-state index in [1.165, 1.54) is 11.1 Å². The van der Waals surface area contributed by atoms with Gasteiger partial charge in [-0.25, -0.2) is 0 Å². The Hall–Kier alpha value is -1.81. The minimum atomic E-state index is 0.165. The van der Waals surface area contributed by atoms with Gasteiger partial charge in [0.15, 0.2) is 0 Å². The molecule has 18 heavy (non-hydrogen) atoms. The molecular weight excluding hydrogens is 226 g/mol. The SMILES string of the molecule is Cn1ccc(COc2cccc3c2CCC3N)n1. The van der Waals surface area contributed by atoms with E-state index < -0.39 is 0 Å². The Morgan fingerprint density at radius 2 is 2.33 bits per heavy atom. The van der Waals surface area contributed by atoms with E-state index in [2.05, 4.69) is 11.2 Å². The van der Waals surface area contributed by atoms with Crippen LogP contribution in [-0.2, 0) is 20.1 Å². The number of benzene rings is 1. The van der Waals surface area contributed by atoms with Crippen molar-refractivity contribution in [2.45, 2.75) is 25.5 Å². The number of hydrogen-bond acceptors (Lipinski definition) is 3. The summed E-state index contributed by atoms with van der Waals surface area (Å²) in [6.45, 7) is 0.506. The predicted molar refractivity (Wildman–Crippen MR) is 69.2 cm³/mol. The van der Waals surface area contributed by atoms with E-state index in [1.54, 1.807) is 4.68 Å². The average molecular weight is 243 g/mol. The van der Waals surface area contributed by atoms with Crippen molar-refractivity contribution in [2.24, 2.45) is 12.8 Å². The van der Waals surface area contributed by atoms with Crippen LogP contribution in [0.3, 0.4) is 0 Å². The van der Waals surface area contributed by atoms with Crippen LogP contribution in [0.25, 0.3) is 0 Å². The molecule has 94 valence electrons. The van der Waals surface area contributed by atoms with Crippen molar-refractivity contribution in [3.63, 3.8) is 0 Å². The predicted octanol–water partition coefficient (Wildman–Crippen LogP) is 1.95. The van der Waals surface area contributed by atoms with Gasteiger partial charge in [0, 0.05) is 19.3 Å². The largest absolute Gasteiger partial charge is 0.487 e. The molecular formula is C14H17N3O. The Morgan fingerprint density at radius 1 is 1.44 bits per heavy atom. The maximum absolute atomic E-state index is 6.05. The van der Waals surface area contributed by atoms with Gasteiger partial charge in [-0.3, -0.25) is 4.68 Å². The lowest BCUT2D eigenvalue weighted by atomic mass is 10.1. The minimum Gasteiger partial charge on any atom is -0.487 e. The number of aryl methyl sites for hydroxylation is 1. The molecule has 2 N–H and O–H groups in total. The lowest BCUT2D eigenvalue weighted by Crippen LogP contribution is -2.05. The van der Waals surface area contributed by atoms with Crippen LogP contribution in [0.15, 0.2) is 30.5 Å². The van der Waals surface area contributed by atoms with Crippen LogP contribution in [0.2, 0.25) is 0 Å². The molecule has 1 unspecified atom stereocenters. The number of fused-ring (bicyclic) bond motifs is 1. The fourth-order valence-corrected chi connectivity index (χ4v) is 2.48. The Labute approximate surface area is 106 Å². The van der Waals surface area contributed by atoms with Crippen LogP contribution in [-0.4, -0.2) is 9.78 Å². The zero-order valence-electron chi connectivity index (χ0n) is 10.5. The second-order valence-electron chi connectivity index (χ2n) is 4.74. The van der Waals surface area contributed by atoms with Gasteiger partial charge in [0.1, 0.15) is 12.4 Å². The average Bonchev–Trinajstić information content (AvgIpc) is 2.94. The summed E-state index contributed by atoms with van der Waals surface area (Å²) < 4.78 is 7.65. The molecule has 0 saturated carbocycles. The lowest BCUT2D eigenvalue weighted by Gasteiger charge is -2.10. The highest BCUT2D eigenvalue weighted by Gasteiger charge is 2.22. The maximum atomic E-state index is 6.05. The fraction of sp³-hybridized carbons (Fsp3) is 0.357. The summed E-state index contributed by atoms with van der Waals surface area (Å²) in [5.74, 6) is 0.950. The minimum absolute atomic E-state index is 0.165. The molecule has 0 aliphatic heterocycles. The summed E-state index contributed by atoms with van der Waals surface area (Å²) in [7, 11) is 1.91. The second-order valence-corrected chi connectivity index (χ2v) is 4.74. The van der Waals surface area contributed by atoms with Gasteiger partial charge in [0.2, 0.25) is 0 Å². The van der Waals surface area contributed by atoms with Gasteiger partial charge in [-0.2, -0.15) is 5.10 Å². The highest BCUT2D eigenvalue weighted by atomic mass is 16.5. The summed E-state index contributed by atoms with van der Waals surface area (Å²) in [5.41, 5.74) is 9.49. The first-order chi connectivity index (χ1) is 8.74. The third-order valence-electron chi connectivity index (χ3n) is 3.42. The molecule has 0 amide bonds. The van der Waals surface area contributed by atoms with Crippen molar-refractivity contribution in [3.8, 4) is 5.75 Å². The van der Waals surface area contributed by atoms with Crippen molar-refractivity contribution in [1.82, 2.24) is 9.78 Å². The molecule has 0 saturated heterocycles. The molecule has 3 rings (SSSR count). The molecule has 4 nitrogen and oxygen atoms in total. The molecule has 4 heteroatoms. The number of nitrogens with zero attached hydrogens (tertiary/aromatic N) is 2. The number of ether oxygens (including phenoxy) is 1. The summed E-state index contributed by atoms with van der Waals surface area (Å²) in [6, 6.07) is 8.26. The maximum Gasteiger partial charge on any atom is 0.132 e. The third-order valence-corrected chi connectivity index (χ3v) is 3.42. The van der Waals surface area contributed by atoms with Crippen LogP contribution in [0, 0.1) is 0 Å². The van der Waals surface area contributed by atoms with Crippen molar-refractivity contribution in [3.05, 3.63) is 47.3 Å². The van der Waals surface area contributed by atoms with E-state index in [0.29, 0.717) is 6.61 Å². The first-order valence-electron chi connectivity index (χ1n) is 6.23. The number of nitrogens with two attached hydrogens (primary N) is 1. The number of hydrogen-bond donors (Lipinski definition) is 1. The number of rotatable bonds is 3. The van der Waals surface area contributed by atoms with Gasteiger partial charge < -0.3 is 10.5 Å². The van der Waals surface area contributed by atoms with E-state index in [0.717, 1.165) is 24.3 Å². The van der Waals surface area contributed by atoms with E-state index in [-0.39, 0.29) is 6.04 Å². The molecule has 0 bridgehead atoms. The Balaban J connectivity index is 1.78. The molecule has 1 aromatic heterocycles. The monoisotopic (exact) mass is 243 g/mol. The Morgan fingerprint density at radius 3 is 3.11 bits per heavy atom. The molecule has 2 aromatic rings. The lowest BCUT2D eigenvalue weighted by molar-refractivity contribution is 0.297. The summed E-state index contributed by atoms with van der Waals surface area (Å²) >= 11 is 0. The summed E-state index contributed by atoms with van der Waals surface area (Å²) in [4.78, 5) is 0. The van der Waals surface area contributed by atoms with E-state index in [4.69, 9.17) is 10.5 Å². The third kappa shape index (κ3) is 1.99. The smallest absolute Gasteiger partial charge is 0.132 e. The molecule has 0 radical (unpaired) electrons. The first-order valence-corrected chi connectivity index (χ1v) is 6.23. The highest BCUT2D eigenvalue weighted by Crippen LogP contribution is 2.35. The van der Waals surface area contributed by atoms with E-state index in [9.17, 15) is 0 Å². The van der Waals surface area contributed by atoms with E-state index in [1.807, 2.05) is 31.4 Å². The van der Waals surface area contributed by atoms with Crippen molar-refractivity contribution in [1.29, 1.82) is 0 Å². The zero-order chi connectivity index (χ0) is 12.5. The van der Waals surface area contributed by atoms with Gasteiger partial charge in [-0.05, 0) is 36.1 Å².